The molecule has 0 aromatic carbocycles. The first kappa shape index (κ1) is 9.68. The van der Waals surface area contributed by atoms with Gasteiger partial charge >= 0.3 is 0 Å². The predicted molar refractivity (Wildman–Crippen MR) is 54.2 cm³/mol. The lowest BCUT2D eigenvalue weighted by Crippen LogP contribution is -2.61. The van der Waals surface area contributed by atoms with E-state index in [0.29, 0.717) is 0 Å². The summed E-state index contributed by atoms with van der Waals surface area (Å²) in [5, 5.41) is 7.69. The second-order valence-corrected chi connectivity index (χ2v) is 3.83. The molecule has 1 aromatic heterocycles. The van der Waals surface area contributed by atoms with Gasteiger partial charge in [0.25, 0.3) is 0 Å². The van der Waals surface area contributed by atoms with Crippen molar-refractivity contribution in [2.45, 2.75) is 25.5 Å². The van der Waals surface area contributed by atoms with Gasteiger partial charge in [-0.15, -0.1) is 0 Å². The van der Waals surface area contributed by atoms with E-state index < -0.39 is 0 Å². The van der Waals surface area contributed by atoms with E-state index >= 15 is 0 Å². The van der Waals surface area contributed by atoms with Crippen LogP contribution in [0.1, 0.15) is 12.6 Å². The number of hydrogen-bond acceptors (Lipinski definition) is 3. The highest BCUT2D eigenvalue weighted by Crippen LogP contribution is 2.20. The molecule has 0 atom stereocenters. The summed E-state index contributed by atoms with van der Waals surface area (Å²) >= 11 is 0. The normalized spacial score (nSPS) is 19.3. The van der Waals surface area contributed by atoms with Gasteiger partial charge in [0.15, 0.2) is 0 Å². The molecule has 0 saturated carbocycles. The van der Waals surface area contributed by atoms with Crippen LogP contribution in [0.15, 0.2) is 12.3 Å². The van der Waals surface area contributed by atoms with Crippen molar-refractivity contribution in [3.63, 3.8) is 0 Å². The molecule has 1 fully saturated rings. The summed E-state index contributed by atoms with van der Waals surface area (Å²) < 4.78 is 7.46. The van der Waals surface area contributed by atoms with Gasteiger partial charge in [0, 0.05) is 39.4 Å². The SMILES string of the molecule is CCn1ccc(CC2(OC)CNC2)n1. The van der Waals surface area contributed by atoms with E-state index in [1.165, 1.54) is 0 Å². The molecule has 0 bridgehead atoms. The van der Waals surface area contributed by atoms with Gasteiger partial charge in [-0.05, 0) is 13.0 Å². The molecular weight excluding hydrogens is 178 g/mol. The zero-order chi connectivity index (χ0) is 10.0. The molecule has 1 aromatic rings. The molecule has 4 heteroatoms. The van der Waals surface area contributed by atoms with E-state index in [0.717, 1.165) is 31.7 Å². The molecule has 1 aliphatic rings. The fourth-order valence-electron chi connectivity index (χ4n) is 1.75. The van der Waals surface area contributed by atoms with Gasteiger partial charge in [-0.3, -0.25) is 4.68 Å². The highest BCUT2D eigenvalue weighted by Gasteiger charge is 2.37. The summed E-state index contributed by atoms with van der Waals surface area (Å²) in [6.45, 7) is 4.89. The van der Waals surface area contributed by atoms with Crippen LogP contribution in [-0.2, 0) is 17.7 Å². The molecule has 1 aliphatic heterocycles. The van der Waals surface area contributed by atoms with Crippen LogP contribution in [0.25, 0.3) is 0 Å². The second kappa shape index (κ2) is 3.71. The third kappa shape index (κ3) is 1.67. The Morgan fingerprint density at radius 1 is 1.64 bits per heavy atom. The van der Waals surface area contributed by atoms with Gasteiger partial charge in [-0.2, -0.15) is 5.10 Å². The lowest BCUT2D eigenvalue weighted by molar-refractivity contribution is -0.0509. The van der Waals surface area contributed by atoms with E-state index in [4.69, 9.17) is 4.74 Å². The van der Waals surface area contributed by atoms with Crippen LogP contribution in [-0.4, -0.2) is 35.6 Å². The largest absolute Gasteiger partial charge is 0.375 e. The molecular formula is C10H17N3O. The molecule has 4 nitrogen and oxygen atoms in total. The van der Waals surface area contributed by atoms with Crippen LogP contribution in [0.2, 0.25) is 0 Å². The Kier molecular flexibility index (Phi) is 2.56. The number of nitrogens with zero attached hydrogens (tertiary/aromatic N) is 2. The van der Waals surface area contributed by atoms with Crippen molar-refractivity contribution in [3.05, 3.63) is 18.0 Å². The number of aromatic nitrogens is 2. The minimum atomic E-state index is -0.00702. The summed E-state index contributed by atoms with van der Waals surface area (Å²) in [5.74, 6) is 0. The topological polar surface area (TPSA) is 39.1 Å². The molecule has 1 N–H and O–H groups in total. The van der Waals surface area contributed by atoms with Crippen LogP contribution in [0, 0.1) is 0 Å². The van der Waals surface area contributed by atoms with Crippen LogP contribution >= 0.6 is 0 Å². The maximum Gasteiger partial charge on any atom is 0.0981 e. The predicted octanol–water partition coefficient (Wildman–Crippen LogP) is 0.434. The molecule has 0 amide bonds. The minimum Gasteiger partial charge on any atom is -0.375 e. The summed E-state index contributed by atoms with van der Waals surface area (Å²) in [5.41, 5.74) is 1.11. The van der Waals surface area contributed by atoms with Gasteiger partial charge in [0.05, 0.1) is 11.3 Å². The van der Waals surface area contributed by atoms with E-state index in [1.807, 2.05) is 10.9 Å². The molecule has 2 heterocycles. The summed E-state index contributed by atoms with van der Waals surface area (Å²) in [4.78, 5) is 0. The van der Waals surface area contributed by atoms with Crippen molar-refractivity contribution in [2.24, 2.45) is 0 Å². The quantitative estimate of drug-likeness (QED) is 0.757. The molecule has 1 saturated heterocycles. The number of methoxy groups -OCH3 is 1. The van der Waals surface area contributed by atoms with Gasteiger partial charge in [0.1, 0.15) is 0 Å². The lowest BCUT2D eigenvalue weighted by atomic mass is 9.91. The van der Waals surface area contributed by atoms with Gasteiger partial charge in [-0.25, -0.2) is 0 Å². The Morgan fingerprint density at radius 3 is 2.86 bits per heavy atom. The first-order valence-corrected chi connectivity index (χ1v) is 5.06. The Balaban J connectivity index is 2.02. The fraction of sp³-hybridized carbons (Fsp3) is 0.700. The first-order chi connectivity index (χ1) is 6.78. The third-order valence-electron chi connectivity index (χ3n) is 2.85. The maximum atomic E-state index is 5.51. The number of hydrogen-bond donors (Lipinski definition) is 1. The third-order valence-corrected chi connectivity index (χ3v) is 2.85. The van der Waals surface area contributed by atoms with Crippen molar-refractivity contribution in [2.75, 3.05) is 20.2 Å². The van der Waals surface area contributed by atoms with Gasteiger partial charge < -0.3 is 10.1 Å². The zero-order valence-electron chi connectivity index (χ0n) is 8.79. The fourth-order valence-corrected chi connectivity index (χ4v) is 1.75. The van der Waals surface area contributed by atoms with E-state index in [-0.39, 0.29) is 5.60 Å². The highest BCUT2D eigenvalue weighted by atomic mass is 16.5. The Bertz CT molecular complexity index is 299. The van der Waals surface area contributed by atoms with Crippen molar-refractivity contribution < 1.29 is 4.74 Å². The molecule has 0 aliphatic carbocycles. The lowest BCUT2D eigenvalue weighted by Gasteiger charge is -2.40. The number of ether oxygens (including phenoxy) is 1. The minimum absolute atomic E-state index is 0.00702. The van der Waals surface area contributed by atoms with Crippen molar-refractivity contribution in [1.82, 2.24) is 15.1 Å². The van der Waals surface area contributed by atoms with E-state index in [1.54, 1.807) is 7.11 Å². The highest BCUT2D eigenvalue weighted by molar-refractivity contribution is 5.08. The second-order valence-electron chi connectivity index (χ2n) is 3.83. The molecule has 0 spiro atoms. The summed E-state index contributed by atoms with van der Waals surface area (Å²) in [7, 11) is 1.78. The molecule has 2 rings (SSSR count). The summed E-state index contributed by atoms with van der Waals surface area (Å²) in [6, 6.07) is 2.07. The molecule has 14 heavy (non-hydrogen) atoms. The van der Waals surface area contributed by atoms with E-state index in [2.05, 4.69) is 23.4 Å². The Hall–Kier alpha value is -0.870. The smallest absolute Gasteiger partial charge is 0.0981 e. The van der Waals surface area contributed by atoms with Crippen molar-refractivity contribution in [3.8, 4) is 0 Å². The first-order valence-electron chi connectivity index (χ1n) is 5.06. The van der Waals surface area contributed by atoms with Crippen molar-refractivity contribution >= 4 is 0 Å². The van der Waals surface area contributed by atoms with Crippen LogP contribution in [0.3, 0.4) is 0 Å². The molecule has 0 radical (unpaired) electrons. The van der Waals surface area contributed by atoms with Crippen LogP contribution < -0.4 is 5.32 Å². The maximum absolute atomic E-state index is 5.51. The van der Waals surface area contributed by atoms with E-state index in [9.17, 15) is 0 Å². The monoisotopic (exact) mass is 195 g/mol. The number of aryl methyl sites for hydroxylation is 1. The number of nitrogens with one attached hydrogen (secondary N) is 1. The van der Waals surface area contributed by atoms with Crippen molar-refractivity contribution in [1.29, 1.82) is 0 Å². The summed E-state index contributed by atoms with van der Waals surface area (Å²) in [6.07, 6.45) is 2.92. The van der Waals surface area contributed by atoms with Crippen LogP contribution in [0.4, 0.5) is 0 Å². The van der Waals surface area contributed by atoms with Gasteiger partial charge in [0.2, 0.25) is 0 Å². The molecule has 78 valence electrons. The standard InChI is InChI=1S/C10H17N3O/c1-3-13-5-4-9(12-13)6-10(14-2)7-11-8-10/h4-5,11H,3,6-8H2,1-2H3. The average Bonchev–Trinajstić information content (AvgIpc) is 2.59. The average molecular weight is 195 g/mol. The number of rotatable bonds is 4. The Labute approximate surface area is 84.3 Å². The Morgan fingerprint density at radius 2 is 2.43 bits per heavy atom. The van der Waals surface area contributed by atoms with Crippen LogP contribution in [0.5, 0.6) is 0 Å². The molecule has 0 unspecified atom stereocenters. The zero-order valence-corrected chi connectivity index (χ0v) is 8.79. The van der Waals surface area contributed by atoms with Gasteiger partial charge in [-0.1, -0.05) is 0 Å².